The van der Waals surface area contributed by atoms with Crippen molar-refractivity contribution in [1.82, 2.24) is 5.32 Å². The summed E-state index contributed by atoms with van der Waals surface area (Å²) >= 11 is 0. The molecule has 9 heteroatoms. The topological polar surface area (TPSA) is 114 Å². The predicted octanol–water partition coefficient (Wildman–Crippen LogP) is 3.00. The van der Waals surface area contributed by atoms with Crippen molar-refractivity contribution in [3.63, 3.8) is 0 Å². The van der Waals surface area contributed by atoms with Crippen LogP contribution in [0.3, 0.4) is 0 Å². The molecule has 0 aliphatic carbocycles. The standard InChI is InChI=1S/C18H29N3O5S/c1-6-12-27(24,25)21-15-9-7-8-14(13(15)2)20-16(22)10-11-19-17(23)26-18(3,4)5/h7-9,21H,6,10-12H2,1-5H3,(H,19,23)(H,20,22). The van der Waals surface area contributed by atoms with E-state index in [2.05, 4.69) is 15.4 Å². The van der Waals surface area contributed by atoms with E-state index in [9.17, 15) is 18.0 Å². The number of carbonyl (C=O) groups is 2. The smallest absolute Gasteiger partial charge is 0.407 e. The van der Waals surface area contributed by atoms with Gasteiger partial charge in [-0.3, -0.25) is 9.52 Å². The van der Waals surface area contributed by atoms with Gasteiger partial charge in [0, 0.05) is 18.7 Å². The van der Waals surface area contributed by atoms with Crippen LogP contribution < -0.4 is 15.4 Å². The lowest BCUT2D eigenvalue weighted by Gasteiger charge is -2.19. The van der Waals surface area contributed by atoms with Gasteiger partial charge in [-0.25, -0.2) is 13.2 Å². The first kappa shape index (κ1) is 22.8. The number of ether oxygens (including phenoxy) is 1. The third kappa shape index (κ3) is 8.76. The summed E-state index contributed by atoms with van der Waals surface area (Å²) in [5.41, 5.74) is 0.947. The number of hydrogen-bond donors (Lipinski definition) is 3. The van der Waals surface area contributed by atoms with Crippen LogP contribution in [0.1, 0.15) is 46.1 Å². The van der Waals surface area contributed by atoms with Crippen molar-refractivity contribution in [3.8, 4) is 0 Å². The van der Waals surface area contributed by atoms with Gasteiger partial charge in [0.15, 0.2) is 0 Å². The SMILES string of the molecule is CCCS(=O)(=O)Nc1cccc(NC(=O)CCNC(=O)OC(C)(C)C)c1C. The van der Waals surface area contributed by atoms with Crippen LogP contribution in [0.2, 0.25) is 0 Å². The molecule has 1 rings (SSSR count). The van der Waals surface area contributed by atoms with E-state index in [-0.39, 0.29) is 24.6 Å². The number of carbonyl (C=O) groups excluding carboxylic acids is 2. The molecule has 8 nitrogen and oxygen atoms in total. The van der Waals surface area contributed by atoms with Crippen molar-refractivity contribution in [2.45, 2.75) is 53.1 Å². The second-order valence-corrected chi connectivity index (χ2v) is 8.97. The Bertz CT molecular complexity index is 770. The fourth-order valence-electron chi connectivity index (χ4n) is 2.17. The van der Waals surface area contributed by atoms with Crippen molar-refractivity contribution in [3.05, 3.63) is 23.8 Å². The second-order valence-electron chi connectivity index (χ2n) is 7.13. The Balaban J connectivity index is 2.62. The normalized spacial score (nSPS) is 11.6. The zero-order valence-corrected chi connectivity index (χ0v) is 17.3. The van der Waals surface area contributed by atoms with Crippen LogP contribution in [0.5, 0.6) is 0 Å². The van der Waals surface area contributed by atoms with E-state index in [1.807, 2.05) is 0 Å². The molecule has 0 atom stereocenters. The number of rotatable bonds is 8. The van der Waals surface area contributed by atoms with Crippen LogP contribution in [0.25, 0.3) is 0 Å². The van der Waals surface area contributed by atoms with Crippen molar-refractivity contribution < 1.29 is 22.7 Å². The number of alkyl carbamates (subject to hydrolysis) is 1. The quantitative estimate of drug-likeness (QED) is 0.622. The van der Waals surface area contributed by atoms with Gasteiger partial charge in [0.05, 0.1) is 11.4 Å². The highest BCUT2D eigenvalue weighted by atomic mass is 32.2. The second kappa shape index (κ2) is 9.59. The molecule has 0 spiro atoms. The summed E-state index contributed by atoms with van der Waals surface area (Å²) in [6.45, 7) is 8.90. The summed E-state index contributed by atoms with van der Waals surface area (Å²) in [7, 11) is -3.42. The molecular weight excluding hydrogens is 370 g/mol. The van der Waals surface area contributed by atoms with Crippen LogP contribution in [-0.4, -0.2) is 38.3 Å². The molecule has 1 aromatic carbocycles. The van der Waals surface area contributed by atoms with Crippen LogP contribution in [0, 0.1) is 6.92 Å². The Morgan fingerprint density at radius 1 is 1.15 bits per heavy atom. The van der Waals surface area contributed by atoms with Crippen molar-refractivity contribution in [1.29, 1.82) is 0 Å². The highest BCUT2D eigenvalue weighted by Crippen LogP contribution is 2.24. The lowest BCUT2D eigenvalue weighted by molar-refractivity contribution is -0.116. The van der Waals surface area contributed by atoms with E-state index >= 15 is 0 Å². The number of nitrogens with one attached hydrogen (secondary N) is 3. The Kier molecular flexibility index (Phi) is 8.08. The average Bonchev–Trinajstić information content (AvgIpc) is 2.49. The first-order valence-electron chi connectivity index (χ1n) is 8.80. The summed E-state index contributed by atoms with van der Waals surface area (Å²) in [5.74, 6) is -0.276. The number of anilines is 2. The maximum atomic E-state index is 12.1. The molecule has 0 unspecified atom stereocenters. The summed E-state index contributed by atoms with van der Waals surface area (Å²) < 4.78 is 31.5. The monoisotopic (exact) mass is 399 g/mol. The van der Waals surface area contributed by atoms with E-state index in [0.717, 1.165) is 0 Å². The number of sulfonamides is 1. The molecule has 0 aromatic heterocycles. The predicted molar refractivity (Wildman–Crippen MR) is 106 cm³/mol. The van der Waals surface area contributed by atoms with Gasteiger partial charge in [-0.15, -0.1) is 0 Å². The third-order valence-corrected chi connectivity index (χ3v) is 4.84. The van der Waals surface area contributed by atoms with Crippen molar-refractivity contribution >= 4 is 33.4 Å². The van der Waals surface area contributed by atoms with Gasteiger partial charge in [0.25, 0.3) is 0 Å². The molecule has 3 N–H and O–H groups in total. The summed E-state index contributed by atoms with van der Waals surface area (Å²) in [6, 6.07) is 4.99. The molecule has 152 valence electrons. The molecule has 0 aliphatic heterocycles. The maximum absolute atomic E-state index is 12.1. The van der Waals surface area contributed by atoms with E-state index < -0.39 is 21.7 Å². The molecule has 0 saturated heterocycles. The first-order valence-corrected chi connectivity index (χ1v) is 10.5. The van der Waals surface area contributed by atoms with Gasteiger partial charge in [-0.1, -0.05) is 13.0 Å². The zero-order chi connectivity index (χ0) is 20.7. The third-order valence-electron chi connectivity index (χ3n) is 3.37. The molecule has 0 radical (unpaired) electrons. The van der Waals surface area contributed by atoms with E-state index in [4.69, 9.17) is 4.74 Å². The average molecular weight is 400 g/mol. The molecule has 27 heavy (non-hydrogen) atoms. The van der Waals surface area contributed by atoms with Gasteiger partial charge >= 0.3 is 6.09 Å². The molecule has 0 bridgehead atoms. The minimum Gasteiger partial charge on any atom is -0.444 e. The Labute approximate surface area is 161 Å². The van der Waals surface area contributed by atoms with Crippen LogP contribution >= 0.6 is 0 Å². The summed E-state index contributed by atoms with van der Waals surface area (Å²) in [6.07, 6.45) is -0.0151. The Hall–Kier alpha value is -2.29. The maximum Gasteiger partial charge on any atom is 0.407 e. The number of hydrogen-bond acceptors (Lipinski definition) is 5. The van der Waals surface area contributed by atoms with E-state index in [1.165, 1.54) is 0 Å². The summed E-state index contributed by atoms with van der Waals surface area (Å²) in [4.78, 5) is 23.6. The fraction of sp³-hybridized carbons (Fsp3) is 0.556. The largest absolute Gasteiger partial charge is 0.444 e. The molecular formula is C18H29N3O5S. The molecule has 0 saturated carbocycles. The van der Waals surface area contributed by atoms with Crippen LogP contribution in [0.15, 0.2) is 18.2 Å². The Morgan fingerprint density at radius 2 is 1.78 bits per heavy atom. The highest BCUT2D eigenvalue weighted by molar-refractivity contribution is 7.92. The number of benzene rings is 1. The van der Waals surface area contributed by atoms with Gasteiger partial charge < -0.3 is 15.4 Å². The molecule has 2 amide bonds. The van der Waals surface area contributed by atoms with Gasteiger partial charge in [-0.05, 0) is 51.8 Å². The minimum absolute atomic E-state index is 0.0271. The molecule has 0 aliphatic rings. The first-order chi connectivity index (χ1) is 12.4. The van der Waals surface area contributed by atoms with Crippen molar-refractivity contribution in [2.75, 3.05) is 22.3 Å². The number of amides is 2. The lowest BCUT2D eigenvalue weighted by Crippen LogP contribution is -2.34. The van der Waals surface area contributed by atoms with Crippen LogP contribution in [0.4, 0.5) is 16.2 Å². The Morgan fingerprint density at radius 3 is 2.37 bits per heavy atom. The molecule has 1 aromatic rings. The van der Waals surface area contributed by atoms with Gasteiger partial charge in [0.2, 0.25) is 15.9 Å². The zero-order valence-electron chi connectivity index (χ0n) is 16.5. The van der Waals surface area contributed by atoms with E-state index in [1.54, 1.807) is 52.8 Å². The minimum atomic E-state index is -3.42. The summed E-state index contributed by atoms with van der Waals surface area (Å²) in [5, 5.41) is 5.24. The van der Waals surface area contributed by atoms with Crippen molar-refractivity contribution in [2.24, 2.45) is 0 Å². The highest BCUT2D eigenvalue weighted by Gasteiger charge is 2.16. The molecule has 0 heterocycles. The molecule has 0 fully saturated rings. The van der Waals surface area contributed by atoms with E-state index in [0.29, 0.717) is 23.4 Å². The lowest BCUT2D eigenvalue weighted by atomic mass is 10.1. The van der Waals surface area contributed by atoms with Gasteiger partial charge in [0.1, 0.15) is 5.60 Å². The van der Waals surface area contributed by atoms with Crippen LogP contribution in [-0.2, 0) is 19.6 Å². The fourth-order valence-corrected chi connectivity index (χ4v) is 3.37. The van der Waals surface area contributed by atoms with Gasteiger partial charge in [-0.2, -0.15) is 0 Å².